The van der Waals surface area contributed by atoms with Crippen molar-refractivity contribution in [3.8, 4) is 0 Å². The predicted molar refractivity (Wildman–Crippen MR) is 51.0 cm³/mol. The molecule has 0 heterocycles. The Morgan fingerprint density at radius 3 is 2.43 bits per heavy atom. The lowest BCUT2D eigenvalue weighted by Crippen LogP contribution is -2.32. The highest BCUT2D eigenvalue weighted by molar-refractivity contribution is 5.77. The highest BCUT2D eigenvalue weighted by atomic mass is 16.5. The van der Waals surface area contributed by atoms with Crippen LogP contribution in [0.4, 0.5) is 0 Å². The molecule has 5 nitrogen and oxygen atoms in total. The minimum atomic E-state index is -0.908. The summed E-state index contributed by atoms with van der Waals surface area (Å²) in [7, 11) is 1.56. The molecule has 0 unspecified atom stereocenters. The Kier molecular flexibility index (Phi) is 5.87. The lowest BCUT2D eigenvalue weighted by atomic mass is 10.4. The lowest BCUT2D eigenvalue weighted by Gasteiger charge is -2.16. The number of aliphatic carboxylic acids is 1. The number of amides is 1. The summed E-state index contributed by atoms with van der Waals surface area (Å²) in [6.07, 6.45) is -0.0315. The Labute approximate surface area is 83.6 Å². The first-order valence-corrected chi connectivity index (χ1v) is 4.51. The first kappa shape index (κ1) is 12.9. The van der Waals surface area contributed by atoms with E-state index in [1.54, 1.807) is 7.05 Å². The monoisotopic (exact) mass is 203 g/mol. The number of carbonyl (C=O) groups is 2. The van der Waals surface area contributed by atoms with Gasteiger partial charge in [0.2, 0.25) is 5.91 Å². The van der Waals surface area contributed by atoms with Gasteiger partial charge in [0.25, 0.3) is 0 Å². The second-order valence-electron chi connectivity index (χ2n) is 3.32. The summed E-state index contributed by atoms with van der Waals surface area (Å²) < 4.78 is 5.09. The molecule has 1 amide bonds. The molecular formula is C9H17NO4. The first-order valence-electron chi connectivity index (χ1n) is 4.51. The number of carbonyl (C=O) groups excluding carboxylic acids is 1. The van der Waals surface area contributed by atoms with Crippen molar-refractivity contribution in [2.24, 2.45) is 0 Å². The number of rotatable bonds is 6. The van der Waals surface area contributed by atoms with Crippen LogP contribution in [0.2, 0.25) is 0 Å². The zero-order valence-electron chi connectivity index (χ0n) is 8.82. The van der Waals surface area contributed by atoms with Crippen LogP contribution in [0.25, 0.3) is 0 Å². The van der Waals surface area contributed by atoms with E-state index >= 15 is 0 Å². The summed E-state index contributed by atoms with van der Waals surface area (Å²) in [4.78, 5) is 22.8. The van der Waals surface area contributed by atoms with Crippen molar-refractivity contribution in [2.75, 3.05) is 20.2 Å². The van der Waals surface area contributed by atoms with Crippen LogP contribution in [0.15, 0.2) is 0 Å². The van der Waals surface area contributed by atoms with Crippen LogP contribution < -0.4 is 0 Å². The van der Waals surface area contributed by atoms with E-state index in [0.717, 1.165) is 0 Å². The van der Waals surface area contributed by atoms with Crippen LogP contribution >= 0.6 is 0 Å². The zero-order chi connectivity index (χ0) is 11.1. The number of carboxylic acids is 1. The summed E-state index contributed by atoms with van der Waals surface area (Å²) >= 11 is 0. The summed E-state index contributed by atoms with van der Waals surface area (Å²) in [5, 5.41) is 8.39. The molecule has 0 aromatic carbocycles. The molecule has 0 bridgehead atoms. The van der Waals surface area contributed by atoms with Crippen molar-refractivity contribution >= 4 is 11.9 Å². The number of hydrogen-bond donors (Lipinski definition) is 1. The molecule has 0 aliphatic rings. The molecule has 0 aromatic heterocycles. The lowest BCUT2D eigenvalue weighted by molar-refractivity contribution is -0.139. The number of nitrogens with zero attached hydrogens (tertiary/aromatic N) is 1. The molecule has 0 fully saturated rings. The second-order valence-corrected chi connectivity index (χ2v) is 3.32. The molecule has 5 heteroatoms. The van der Waals surface area contributed by atoms with Gasteiger partial charge in [-0.2, -0.15) is 0 Å². The van der Waals surface area contributed by atoms with Crippen LogP contribution in [-0.2, 0) is 14.3 Å². The molecule has 0 saturated carbocycles. The van der Waals surface area contributed by atoms with Crippen molar-refractivity contribution in [1.29, 1.82) is 0 Å². The summed E-state index contributed by atoms with van der Waals surface area (Å²) in [5.74, 6) is -1.10. The van der Waals surface area contributed by atoms with Gasteiger partial charge in [-0.1, -0.05) is 0 Å². The fourth-order valence-corrected chi connectivity index (χ4v) is 0.736. The summed E-state index contributed by atoms with van der Waals surface area (Å²) in [5.41, 5.74) is 0. The fourth-order valence-electron chi connectivity index (χ4n) is 0.736. The molecule has 0 atom stereocenters. The number of ether oxygens (including phenoxy) is 1. The molecule has 1 N–H and O–H groups in total. The van der Waals surface area contributed by atoms with Crippen molar-refractivity contribution in [3.05, 3.63) is 0 Å². The van der Waals surface area contributed by atoms with Crippen molar-refractivity contribution in [3.63, 3.8) is 0 Å². The number of carboxylic acid groups (broad SMARTS) is 1. The minimum absolute atomic E-state index is 0.00632. The van der Waals surface area contributed by atoms with E-state index in [1.807, 2.05) is 13.8 Å². The van der Waals surface area contributed by atoms with Crippen LogP contribution in [0, 0.1) is 0 Å². The smallest absolute Gasteiger partial charge is 0.305 e. The minimum Gasteiger partial charge on any atom is -0.481 e. The topological polar surface area (TPSA) is 66.8 Å². The van der Waals surface area contributed by atoms with Gasteiger partial charge in [0.1, 0.15) is 6.61 Å². The maximum atomic E-state index is 11.3. The third-order valence-corrected chi connectivity index (χ3v) is 1.63. The van der Waals surface area contributed by atoms with Crippen molar-refractivity contribution in [2.45, 2.75) is 26.4 Å². The van der Waals surface area contributed by atoms with Gasteiger partial charge >= 0.3 is 5.97 Å². The molecule has 0 radical (unpaired) electrons. The van der Waals surface area contributed by atoms with Crippen molar-refractivity contribution in [1.82, 2.24) is 4.90 Å². The highest BCUT2D eigenvalue weighted by Gasteiger charge is 2.10. The molecule has 82 valence electrons. The molecule has 0 saturated heterocycles. The fraction of sp³-hybridized carbons (Fsp3) is 0.778. The van der Waals surface area contributed by atoms with Crippen LogP contribution in [0.3, 0.4) is 0 Å². The average molecular weight is 203 g/mol. The third kappa shape index (κ3) is 6.42. The van der Waals surface area contributed by atoms with E-state index in [1.165, 1.54) is 4.90 Å². The quantitative estimate of drug-likeness (QED) is 0.676. The third-order valence-electron chi connectivity index (χ3n) is 1.63. The molecule has 0 rings (SSSR count). The van der Waals surface area contributed by atoms with E-state index < -0.39 is 5.97 Å². The Bertz CT molecular complexity index is 203. The molecule has 0 aliphatic heterocycles. The van der Waals surface area contributed by atoms with E-state index in [4.69, 9.17) is 9.84 Å². The summed E-state index contributed by atoms with van der Waals surface area (Å²) in [6, 6.07) is 0. The van der Waals surface area contributed by atoms with Crippen molar-refractivity contribution < 1.29 is 19.4 Å². The van der Waals surface area contributed by atoms with Gasteiger partial charge in [-0.15, -0.1) is 0 Å². The van der Waals surface area contributed by atoms with Gasteiger partial charge in [-0.05, 0) is 13.8 Å². The van der Waals surface area contributed by atoms with Crippen LogP contribution in [0.5, 0.6) is 0 Å². The van der Waals surface area contributed by atoms with E-state index in [9.17, 15) is 9.59 Å². The standard InChI is InChI=1S/C9H17NO4/c1-7(2)14-6-8(11)10(3)5-4-9(12)13/h7H,4-6H2,1-3H3,(H,12,13). The molecule has 0 aliphatic carbocycles. The maximum absolute atomic E-state index is 11.3. The second kappa shape index (κ2) is 6.37. The van der Waals surface area contributed by atoms with Gasteiger partial charge < -0.3 is 14.7 Å². The first-order chi connectivity index (χ1) is 6.43. The largest absolute Gasteiger partial charge is 0.481 e. The van der Waals surface area contributed by atoms with Crippen LogP contribution in [-0.4, -0.2) is 48.2 Å². The van der Waals surface area contributed by atoms with Gasteiger partial charge in [0.15, 0.2) is 0 Å². The van der Waals surface area contributed by atoms with Gasteiger partial charge in [0, 0.05) is 13.6 Å². The SMILES string of the molecule is CC(C)OCC(=O)N(C)CCC(=O)O. The Balaban J connectivity index is 3.70. The predicted octanol–water partition coefficient (Wildman–Crippen LogP) is 0.344. The van der Waals surface area contributed by atoms with Gasteiger partial charge in [0.05, 0.1) is 12.5 Å². The maximum Gasteiger partial charge on any atom is 0.305 e. The Hall–Kier alpha value is -1.10. The zero-order valence-corrected chi connectivity index (χ0v) is 8.82. The van der Waals surface area contributed by atoms with Crippen LogP contribution in [0.1, 0.15) is 20.3 Å². The van der Waals surface area contributed by atoms with Gasteiger partial charge in [-0.3, -0.25) is 9.59 Å². The Morgan fingerprint density at radius 2 is 2.00 bits per heavy atom. The van der Waals surface area contributed by atoms with Gasteiger partial charge in [-0.25, -0.2) is 0 Å². The van der Waals surface area contributed by atoms with E-state index in [-0.39, 0.29) is 31.6 Å². The Morgan fingerprint density at radius 1 is 1.43 bits per heavy atom. The molecule has 0 spiro atoms. The summed E-state index contributed by atoms with van der Waals surface area (Å²) in [6.45, 7) is 3.90. The average Bonchev–Trinajstić information content (AvgIpc) is 2.09. The normalized spacial score (nSPS) is 10.3. The number of hydrogen-bond acceptors (Lipinski definition) is 3. The molecular weight excluding hydrogens is 186 g/mol. The molecule has 14 heavy (non-hydrogen) atoms. The van der Waals surface area contributed by atoms with E-state index in [2.05, 4.69) is 0 Å². The molecule has 0 aromatic rings. The van der Waals surface area contributed by atoms with E-state index in [0.29, 0.717) is 0 Å². The number of likely N-dealkylation sites (N-methyl/N-ethyl adjacent to an activating group) is 1. The highest BCUT2D eigenvalue weighted by Crippen LogP contribution is 1.93.